The molecule has 1 aromatic heterocycles. The molecular weight excluding hydrogens is 515 g/mol. The Morgan fingerprint density at radius 3 is 2.62 bits per heavy atom. The number of likely N-dealkylation sites (tertiary alicyclic amines) is 1. The first-order valence-corrected chi connectivity index (χ1v) is 13.3. The molecule has 5 rings (SSSR count). The summed E-state index contributed by atoms with van der Waals surface area (Å²) in [6, 6.07) is 4.34. The van der Waals surface area contributed by atoms with E-state index in [0.29, 0.717) is 50.7 Å². The van der Waals surface area contributed by atoms with Gasteiger partial charge in [-0.25, -0.2) is 9.97 Å². The molecule has 2 fully saturated rings. The van der Waals surface area contributed by atoms with Gasteiger partial charge in [-0.05, 0) is 48.9 Å². The van der Waals surface area contributed by atoms with Crippen LogP contribution in [0.25, 0.3) is 0 Å². The normalized spacial score (nSPS) is 22.5. The molecule has 9 nitrogen and oxygen atoms in total. The highest BCUT2D eigenvalue weighted by atomic mass is 19.4. The predicted octanol–water partition coefficient (Wildman–Crippen LogP) is 3.06. The highest BCUT2D eigenvalue weighted by Crippen LogP contribution is 2.36. The summed E-state index contributed by atoms with van der Waals surface area (Å²) in [7, 11) is 3.15. The number of alkyl halides is 3. The minimum Gasteiger partial charge on any atom is -0.491 e. The lowest BCUT2D eigenvalue weighted by atomic mass is 9.97. The van der Waals surface area contributed by atoms with Gasteiger partial charge in [0.25, 0.3) is 5.91 Å². The zero-order chi connectivity index (χ0) is 27.6. The van der Waals surface area contributed by atoms with Crippen molar-refractivity contribution in [1.82, 2.24) is 20.2 Å². The molecule has 2 aromatic rings. The number of amides is 1. The molecule has 0 spiro atoms. The monoisotopic (exact) mass is 549 g/mol. The van der Waals surface area contributed by atoms with Crippen LogP contribution in [0.2, 0.25) is 0 Å². The number of piperidine rings is 1. The Labute approximate surface area is 225 Å². The van der Waals surface area contributed by atoms with Crippen LogP contribution in [0.15, 0.2) is 24.5 Å². The van der Waals surface area contributed by atoms with Gasteiger partial charge in [-0.15, -0.1) is 0 Å². The van der Waals surface area contributed by atoms with Crippen LogP contribution in [-0.4, -0.2) is 86.0 Å². The molecule has 212 valence electrons. The average molecular weight is 550 g/mol. The van der Waals surface area contributed by atoms with Crippen LogP contribution in [0.1, 0.15) is 46.4 Å². The zero-order valence-corrected chi connectivity index (χ0v) is 22.2. The summed E-state index contributed by atoms with van der Waals surface area (Å²) in [5.41, 5.74) is 0.936. The Morgan fingerprint density at radius 1 is 1.10 bits per heavy atom. The number of anilines is 1. The highest BCUT2D eigenvalue weighted by Gasteiger charge is 2.34. The quantitative estimate of drug-likeness (QED) is 0.589. The molecule has 39 heavy (non-hydrogen) atoms. The van der Waals surface area contributed by atoms with Crippen LogP contribution in [0.4, 0.5) is 19.0 Å². The van der Waals surface area contributed by atoms with E-state index in [4.69, 9.17) is 14.2 Å². The fourth-order valence-corrected chi connectivity index (χ4v) is 5.68. The van der Waals surface area contributed by atoms with Gasteiger partial charge in [-0.2, -0.15) is 13.2 Å². The third kappa shape index (κ3) is 5.97. The molecule has 0 saturated carbocycles. The molecule has 0 bridgehead atoms. The summed E-state index contributed by atoms with van der Waals surface area (Å²) < 4.78 is 56.5. The van der Waals surface area contributed by atoms with Gasteiger partial charge in [0.1, 0.15) is 6.33 Å². The first-order chi connectivity index (χ1) is 18.8. The Balaban J connectivity index is 1.27. The second kappa shape index (κ2) is 11.6. The number of aromatic nitrogens is 2. The maximum Gasteiger partial charge on any atom is 0.416 e. The fraction of sp³-hybridized carbons (Fsp3) is 0.593. The lowest BCUT2D eigenvalue weighted by Crippen LogP contribution is -2.54. The summed E-state index contributed by atoms with van der Waals surface area (Å²) in [6.45, 7) is 3.18. The number of nitrogens with zero attached hydrogens (tertiary/aromatic N) is 4. The zero-order valence-electron chi connectivity index (χ0n) is 22.2. The van der Waals surface area contributed by atoms with Crippen molar-refractivity contribution in [2.24, 2.45) is 0 Å². The van der Waals surface area contributed by atoms with E-state index in [1.807, 2.05) is 4.90 Å². The first kappa shape index (κ1) is 27.6. The van der Waals surface area contributed by atoms with Crippen LogP contribution in [-0.2, 0) is 28.6 Å². The molecule has 1 aromatic carbocycles. The molecular formula is C27H34F3N5O4. The first-order valence-electron chi connectivity index (χ1n) is 13.3. The molecule has 0 unspecified atom stereocenters. The van der Waals surface area contributed by atoms with Crippen molar-refractivity contribution in [2.75, 3.05) is 52.0 Å². The Morgan fingerprint density at radius 2 is 1.90 bits per heavy atom. The van der Waals surface area contributed by atoms with Gasteiger partial charge in [0.05, 0.1) is 25.4 Å². The number of fused-ring (bicyclic) bond motifs is 1. The largest absolute Gasteiger partial charge is 0.491 e. The standard InChI is InChI=1S/C27H34F3N5O4/c1-37-22-15-39-12-8-21(22)33-20-6-10-34(11-7-20)26(36)23-24(38-2)25(32-16-31-23)35-9-5-17-3-4-19(27(28,29)30)13-18(17)14-35/h3-4,13,16,20-22,33H,5-12,14-15H2,1-2H3/t21-,22+/m1/s1. The van der Waals surface area contributed by atoms with Crippen molar-refractivity contribution in [2.45, 2.75) is 56.6 Å². The number of carbonyl (C=O) groups is 1. The van der Waals surface area contributed by atoms with E-state index in [9.17, 15) is 18.0 Å². The minimum absolute atomic E-state index is 0.0175. The molecule has 12 heteroatoms. The minimum atomic E-state index is -4.41. The van der Waals surface area contributed by atoms with Gasteiger partial charge in [-0.1, -0.05) is 6.07 Å². The maximum atomic E-state index is 13.5. The Bertz CT molecular complexity index is 1170. The van der Waals surface area contributed by atoms with E-state index in [1.54, 1.807) is 12.0 Å². The fourth-order valence-electron chi connectivity index (χ4n) is 5.68. The van der Waals surface area contributed by atoms with Crippen molar-refractivity contribution >= 4 is 11.7 Å². The van der Waals surface area contributed by atoms with Crippen LogP contribution in [0, 0.1) is 0 Å². The number of benzene rings is 1. The second-order valence-electron chi connectivity index (χ2n) is 10.2. The molecule has 0 aliphatic carbocycles. The molecule has 3 aliphatic rings. The molecule has 3 aliphatic heterocycles. The van der Waals surface area contributed by atoms with E-state index >= 15 is 0 Å². The number of hydrogen-bond donors (Lipinski definition) is 1. The lowest BCUT2D eigenvalue weighted by Gasteiger charge is -2.38. The SMILES string of the molecule is COc1c(C(=O)N2CCC(N[C@@H]3CCOC[C@@H]3OC)CC2)ncnc1N1CCc2ccc(C(F)(F)F)cc2C1. The van der Waals surface area contributed by atoms with Crippen LogP contribution in [0.3, 0.4) is 0 Å². The third-order valence-electron chi connectivity index (χ3n) is 7.88. The van der Waals surface area contributed by atoms with Crippen molar-refractivity contribution in [1.29, 1.82) is 0 Å². The molecule has 1 N–H and O–H groups in total. The Hall–Kier alpha value is -2.96. The molecule has 1 amide bonds. The average Bonchev–Trinajstić information content (AvgIpc) is 2.96. The van der Waals surface area contributed by atoms with Gasteiger partial charge in [0.2, 0.25) is 0 Å². The van der Waals surface area contributed by atoms with Crippen molar-refractivity contribution in [3.05, 3.63) is 46.9 Å². The van der Waals surface area contributed by atoms with Crippen molar-refractivity contribution in [3.8, 4) is 5.75 Å². The van der Waals surface area contributed by atoms with E-state index in [-0.39, 0.29) is 42.1 Å². The molecule has 2 atom stereocenters. The predicted molar refractivity (Wildman–Crippen MR) is 137 cm³/mol. The number of ether oxygens (including phenoxy) is 3. The number of halogens is 3. The molecule has 0 radical (unpaired) electrons. The number of rotatable bonds is 6. The number of hydrogen-bond acceptors (Lipinski definition) is 8. The summed E-state index contributed by atoms with van der Waals surface area (Å²) in [5, 5.41) is 3.68. The lowest BCUT2D eigenvalue weighted by molar-refractivity contribution is -0.137. The highest BCUT2D eigenvalue weighted by molar-refractivity contribution is 5.96. The summed E-state index contributed by atoms with van der Waals surface area (Å²) in [4.78, 5) is 25.7. The maximum absolute atomic E-state index is 13.5. The van der Waals surface area contributed by atoms with Gasteiger partial charge in [0.15, 0.2) is 17.3 Å². The van der Waals surface area contributed by atoms with Crippen LogP contribution in [0.5, 0.6) is 5.75 Å². The summed E-state index contributed by atoms with van der Waals surface area (Å²) in [5.74, 6) is 0.399. The molecule has 4 heterocycles. The Kier molecular flexibility index (Phi) is 8.24. The van der Waals surface area contributed by atoms with Gasteiger partial charge in [0, 0.05) is 52.0 Å². The van der Waals surface area contributed by atoms with Crippen LogP contribution < -0.4 is 15.0 Å². The third-order valence-corrected chi connectivity index (χ3v) is 7.88. The smallest absolute Gasteiger partial charge is 0.416 e. The number of carbonyl (C=O) groups excluding carboxylic acids is 1. The number of methoxy groups -OCH3 is 2. The van der Waals surface area contributed by atoms with Crippen molar-refractivity contribution in [3.63, 3.8) is 0 Å². The van der Waals surface area contributed by atoms with E-state index in [1.165, 1.54) is 25.6 Å². The van der Waals surface area contributed by atoms with Crippen molar-refractivity contribution < 1.29 is 32.2 Å². The summed E-state index contributed by atoms with van der Waals surface area (Å²) >= 11 is 0. The molecule has 2 saturated heterocycles. The number of nitrogens with one attached hydrogen (secondary N) is 1. The van der Waals surface area contributed by atoms with Gasteiger partial charge >= 0.3 is 6.18 Å². The second-order valence-corrected chi connectivity index (χ2v) is 10.2. The van der Waals surface area contributed by atoms with Crippen LogP contribution >= 0.6 is 0 Å². The summed E-state index contributed by atoms with van der Waals surface area (Å²) in [6.07, 6.45) is -0.0451. The van der Waals surface area contributed by atoms with Gasteiger partial charge < -0.3 is 29.3 Å². The van der Waals surface area contributed by atoms with E-state index < -0.39 is 11.7 Å². The van der Waals surface area contributed by atoms with E-state index in [2.05, 4.69) is 15.3 Å². The topological polar surface area (TPSA) is 89.0 Å². The van der Waals surface area contributed by atoms with E-state index in [0.717, 1.165) is 30.9 Å². The van der Waals surface area contributed by atoms with Gasteiger partial charge in [-0.3, -0.25) is 4.79 Å².